The van der Waals surface area contributed by atoms with Gasteiger partial charge in [0.2, 0.25) is 11.8 Å². The van der Waals surface area contributed by atoms with Crippen LogP contribution in [0.3, 0.4) is 0 Å². The van der Waals surface area contributed by atoms with Gasteiger partial charge in [0, 0.05) is 43.4 Å². The first-order chi connectivity index (χ1) is 17.5. The Labute approximate surface area is 232 Å². The number of likely N-dealkylation sites (tertiary alicyclic amines) is 1. The molecule has 0 aliphatic carbocycles. The van der Waals surface area contributed by atoms with Crippen molar-refractivity contribution in [3.8, 4) is 17.4 Å². The van der Waals surface area contributed by atoms with E-state index in [2.05, 4.69) is 25.2 Å². The lowest BCUT2D eigenvalue weighted by molar-refractivity contribution is -0.124. The summed E-state index contributed by atoms with van der Waals surface area (Å²) in [5.74, 6) is 0.577. The van der Waals surface area contributed by atoms with Crippen molar-refractivity contribution in [2.75, 3.05) is 40.0 Å². The van der Waals surface area contributed by atoms with Gasteiger partial charge >= 0.3 is 0 Å². The summed E-state index contributed by atoms with van der Waals surface area (Å²) in [5, 5.41) is 3.44. The van der Waals surface area contributed by atoms with Gasteiger partial charge in [-0.25, -0.2) is 9.37 Å². The first-order valence-corrected chi connectivity index (χ1v) is 12.0. The lowest BCUT2D eigenvalue weighted by Crippen LogP contribution is -2.54. The highest BCUT2D eigenvalue weighted by atomic mass is 35.5. The monoisotopic (exact) mass is 568 g/mol. The van der Waals surface area contributed by atoms with Crippen LogP contribution in [0.1, 0.15) is 17.7 Å². The number of methoxy groups -OCH3 is 1. The van der Waals surface area contributed by atoms with Crippen LogP contribution < -0.4 is 25.3 Å². The van der Waals surface area contributed by atoms with Crippen molar-refractivity contribution in [2.45, 2.75) is 25.4 Å². The van der Waals surface area contributed by atoms with Crippen LogP contribution in [0, 0.1) is 11.7 Å². The number of carbonyl (C=O) groups excluding carboxylic acids is 1. The van der Waals surface area contributed by atoms with E-state index in [-0.39, 0.29) is 42.7 Å². The third kappa shape index (κ3) is 6.52. The maximum absolute atomic E-state index is 14.7. The molecule has 1 saturated heterocycles. The number of nitrogens with one attached hydrogen (secondary N) is 1. The van der Waals surface area contributed by atoms with E-state index >= 15 is 0 Å². The second kappa shape index (κ2) is 13.2. The van der Waals surface area contributed by atoms with Crippen molar-refractivity contribution >= 4 is 41.8 Å². The standard InChI is InChI=1S/C25H29FN6O4.2ClH/c1-34-23-3-2-20-24(31-23)16(18(26)12-30-20)4-6-32-7-5-19(17(14-32)25(27)33)29-11-15-10-21-22(13-28-15)36-9-8-35-21;;/h2-3,10,12-13,17,19,29H,4-9,11,14H2,1H3,(H2,27,33);2*1H/t17?,19-;;/m0../s1. The lowest BCUT2D eigenvalue weighted by Gasteiger charge is -2.37. The van der Waals surface area contributed by atoms with Gasteiger partial charge < -0.3 is 30.2 Å². The van der Waals surface area contributed by atoms with Crippen molar-refractivity contribution in [3.05, 3.63) is 47.7 Å². The van der Waals surface area contributed by atoms with Crippen LogP contribution in [-0.2, 0) is 17.8 Å². The largest absolute Gasteiger partial charge is 0.486 e. The molecule has 38 heavy (non-hydrogen) atoms. The van der Waals surface area contributed by atoms with Crippen LogP contribution in [-0.4, -0.2) is 71.8 Å². The van der Waals surface area contributed by atoms with Crippen LogP contribution in [0.5, 0.6) is 17.4 Å². The molecule has 0 radical (unpaired) electrons. The Bertz CT molecular complexity index is 1270. The average molecular weight is 569 g/mol. The van der Waals surface area contributed by atoms with Crippen molar-refractivity contribution in [2.24, 2.45) is 11.7 Å². The van der Waals surface area contributed by atoms with Gasteiger partial charge in [0.25, 0.3) is 0 Å². The Balaban J connectivity index is 0.00000200. The fraction of sp³-hybridized carbons (Fsp3) is 0.440. The maximum atomic E-state index is 14.7. The summed E-state index contributed by atoms with van der Waals surface area (Å²) in [6.07, 6.45) is 4.03. The molecule has 206 valence electrons. The van der Waals surface area contributed by atoms with E-state index in [0.29, 0.717) is 73.2 Å². The minimum absolute atomic E-state index is 0. The minimum atomic E-state index is -0.404. The molecule has 0 saturated carbocycles. The molecule has 0 bridgehead atoms. The third-order valence-corrected chi connectivity index (χ3v) is 6.72. The highest BCUT2D eigenvalue weighted by molar-refractivity contribution is 5.85. The number of aromatic nitrogens is 3. The van der Waals surface area contributed by atoms with Crippen LogP contribution in [0.25, 0.3) is 11.0 Å². The van der Waals surface area contributed by atoms with E-state index in [4.69, 9.17) is 19.9 Å². The number of nitrogens with two attached hydrogens (primary N) is 1. The summed E-state index contributed by atoms with van der Waals surface area (Å²) in [7, 11) is 1.52. The number of rotatable bonds is 8. The molecule has 13 heteroatoms. The Hall–Kier alpha value is -2.99. The van der Waals surface area contributed by atoms with E-state index in [1.54, 1.807) is 18.3 Å². The zero-order chi connectivity index (χ0) is 25.1. The second-order valence-corrected chi connectivity index (χ2v) is 8.96. The molecule has 5 heterocycles. The molecule has 3 aromatic rings. The summed E-state index contributed by atoms with van der Waals surface area (Å²) >= 11 is 0. The Kier molecular flexibility index (Phi) is 10.3. The van der Waals surface area contributed by atoms with Gasteiger partial charge in [0.15, 0.2) is 11.5 Å². The molecule has 10 nitrogen and oxygen atoms in total. The zero-order valence-corrected chi connectivity index (χ0v) is 22.5. The first kappa shape index (κ1) is 29.6. The number of halogens is 3. The lowest BCUT2D eigenvalue weighted by atomic mass is 9.91. The number of amides is 1. The zero-order valence-electron chi connectivity index (χ0n) is 20.9. The van der Waals surface area contributed by atoms with Gasteiger partial charge in [-0.2, -0.15) is 0 Å². The Morgan fingerprint density at radius 3 is 2.76 bits per heavy atom. The summed E-state index contributed by atoms with van der Waals surface area (Å²) in [6, 6.07) is 5.23. The highest BCUT2D eigenvalue weighted by Gasteiger charge is 2.33. The summed E-state index contributed by atoms with van der Waals surface area (Å²) in [4.78, 5) is 27.4. The fourth-order valence-electron chi connectivity index (χ4n) is 4.78. The van der Waals surface area contributed by atoms with E-state index in [1.807, 2.05) is 6.07 Å². The quantitative estimate of drug-likeness (QED) is 0.421. The van der Waals surface area contributed by atoms with Crippen molar-refractivity contribution in [1.29, 1.82) is 0 Å². The second-order valence-electron chi connectivity index (χ2n) is 8.96. The third-order valence-electron chi connectivity index (χ3n) is 6.72. The Morgan fingerprint density at radius 1 is 1.21 bits per heavy atom. The normalized spacial score (nSPS) is 18.8. The predicted octanol–water partition coefficient (Wildman–Crippen LogP) is 2.30. The van der Waals surface area contributed by atoms with E-state index in [9.17, 15) is 9.18 Å². The molecule has 1 amide bonds. The molecule has 1 unspecified atom stereocenters. The minimum Gasteiger partial charge on any atom is -0.486 e. The van der Waals surface area contributed by atoms with Gasteiger partial charge in [0.1, 0.15) is 19.0 Å². The maximum Gasteiger partial charge on any atom is 0.223 e. The number of ether oxygens (including phenoxy) is 3. The molecule has 3 N–H and O–H groups in total. The molecule has 1 fully saturated rings. The molecule has 2 atom stereocenters. The molecule has 3 aromatic heterocycles. The van der Waals surface area contributed by atoms with E-state index in [1.165, 1.54) is 13.3 Å². The van der Waals surface area contributed by atoms with Crippen LogP contribution in [0.2, 0.25) is 0 Å². The van der Waals surface area contributed by atoms with Crippen molar-refractivity contribution in [3.63, 3.8) is 0 Å². The van der Waals surface area contributed by atoms with Gasteiger partial charge in [-0.3, -0.25) is 14.8 Å². The number of fused-ring (bicyclic) bond motifs is 2. The van der Waals surface area contributed by atoms with Crippen LogP contribution in [0.4, 0.5) is 4.39 Å². The summed E-state index contributed by atoms with van der Waals surface area (Å²) < 4.78 is 31.0. The average Bonchev–Trinajstić information content (AvgIpc) is 2.91. The van der Waals surface area contributed by atoms with E-state index in [0.717, 1.165) is 18.7 Å². The van der Waals surface area contributed by atoms with Gasteiger partial charge in [0.05, 0.1) is 42.1 Å². The van der Waals surface area contributed by atoms with Gasteiger partial charge in [-0.1, -0.05) is 0 Å². The number of nitrogens with zero attached hydrogens (tertiary/aromatic N) is 4. The number of hydrogen-bond acceptors (Lipinski definition) is 9. The van der Waals surface area contributed by atoms with E-state index < -0.39 is 5.82 Å². The Morgan fingerprint density at radius 2 is 2.00 bits per heavy atom. The van der Waals surface area contributed by atoms with Crippen molar-refractivity contribution in [1.82, 2.24) is 25.2 Å². The highest BCUT2D eigenvalue weighted by Crippen LogP contribution is 2.29. The molecule has 2 aliphatic rings. The molecule has 0 spiro atoms. The number of piperidine rings is 1. The number of carbonyl (C=O) groups is 1. The number of hydrogen-bond donors (Lipinski definition) is 2. The predicted molar refractivity (Wildman–Crippen MR) is 144 cm³/mol. The number of pyridine rings is 3. The molecule has 5 rings (SSSR count). The molecule has 0 aromatic carbocycles. The molecule has 2 aliphatic heterocycles. The van der Waals surface area contributed by atoms with Crippen LogP contribution in [0.15, 0.2) is 30.6 Å². The van der Waals surface area contributed by atoms with Crippen LogP contribution >= 0.6 is 24.8 Å². The topological polar surface area (TPSA) is 125 Å². The smallest absolute Gasteiger partial charge is 0.223 e. The van der Waals surface area contributed by atoms with Gasteiger partial charge in [-0.15, -0.1) is 24.8 Å². The summed E-state index contributed by atoms with van der Waals surface area (Å²) in [6.45, 7) is 3.30. The first-order valence-electron chi connectivity index (χ1n) is 12.0. The van der Waals surface area contributed by atoms with Crippen molar-refractivity contribution < 1.29 is 23.4 Å². The number of primary amides is 1. The summed E-state index contributed by atoms with van der Waals surface area (Å²) in [5.41, 5.74) is 8.15. The SMILES string of the molecule is COc1ccc2ncc(F)c(CCN3CC[C@H](NCc4cc5c(cn4)OCCO5)C(C(N)=O)C3)c2n1.Cl.Cl. The molecular formula is C25H31Cl2FN6O4. The van der Waals surface area contributed by atoms with Gasteiger partial charge in [-0.05, 0) is 25.5 Å². The molecular weight excluding hydrogens is 538 g/mol. The fourth-order valence-corrected chi connectivity index (χ4v) is 4.78.